The molecular weight excluding hydrogens is 220 g/mol. The maximum Gasteiger partial charge on any atom is 0.0316 e. The first kappa shape index (κ1) is 12.4. The van der Waals surface area contributed by atoms with E-state index in [2.05, 4.69) is 35.0 Å². The Labute approximate surface area is 111 Å². The van der Waals surface area contributed by atoms with E-state index in [0.717, 1.165) is 6.04 Å². The summed E-state index contributed by atoms with van der Waals surface area (Å²) in [5, 5.41) is 0. The van der Waals surface area contributed by atoms with Crippen molar-refractivity contribution in [1.29, 1.82) is 0 Å². The molecule has 0 aromatic heterocycles. The zero-order valence-corrected chi connectivity index (χ0v) is 11.6. The van der Waals surface area contributed by atoms with Gasteiger partial charge in [-0.25, -0.2) is 0 Å². The Kier molecular flexibility index (Phi) is 3.86. The minimum absolute atomic E-state index is 0.674. The summed E-state index contributed by atoms with van der Waals surface area (Å²) < 4.78 is 0. The second-order valence-electron chi connectivity index (χ2n) is 6.12. The lowest BCUT2D eigenvalue weighted by Gasteiger charge is -2.40. The lowest BCUT2D eigenvalue weighted by molar-refractivity contribution is 0.110. The van der Waals surface area contributed by atoms with E-state index in [1.54, 1.807) is 0 Å². The van der Waals surface area contributed by atoms with Gasteiger partial charge in [-0.3, -0.25) is 4.90 Å². The average molecular weight is 246 g/mol. The van der Waals surface area contributed by atoms with Crippen LogP contribution in [0.1, 0.15) is 39.0 Å². The van der Waals surface area contributed by atoms with Crippen LogP contribution in [0.25, 0.3) is 0 Å². The summed E-state index contributed by atoms with van der Waals surface area (Å²) in [6.45, 7) is 7.50. The molecule has 2 nitrogen and oxygen atoms in total. The van der Waals surface area contributed by atoms with Gasteiger partial charge in [-0.05, 0) is 52.1 Å². The topological polar surface area (TPSA) is 6.48 Å². The Hall–Kier alpha value is -0.600. The molecule has 3 rings (SSSR count). The van der Waals surface area contributed by atoms with Crippen LogP contribution in [-0.2, 0) is 0 Å². The fourth-order valence-electron chi connectivity index (χ4n) is 3.68. The highest BCUT2D eigenvalue weighted by Gasteiger charge is 2.28. The number of hydrogen-bond donors (Lipinski definition) is 0. The normalized spacial score (nSPS) is 31.8. The first-order chi connectivity index (χ1) is 8.83. The van der Waals surface area contributed by atoms with Gasteiger partial charge in [-0.15, -0.1) is 0 Å². The van der Waals surface area contributed by atoms with E-state index in [4.69, 9.17) is 0 Å². The van der Waals surface area contributed by atoms with Gasteiger partial charge in [-0.1, -0.05) is 23.8 Å². The molecule has 3 aliphatic rings. The number of piperidine rings is 1. The van der Waals surface area contributed by atoms with Crippen molar-refractivity contribution in [1.82, 2.24) is 9.80 Å². The maximum atomic E-state index is 2.73. The summed E-state index contributed by atoms with van der Waals surface area (Å²) in [5.74, 6) is 0. The molecule has 0 aromatic rings. The van der Waals surface area contributed by atoms with Crippen LogP contribution in [0.5, 0.6) is 0 Å². The molecule has 100 valence electrons. The minimum atomic E-state index is 0.674. The van der Waals surface area contributed by atoms with Crippen molar-refractivity contribution in [2.75, 3.05) is 26.2 Å². The number of rotatable bonds is 2. The number of nitrogens with zero attached hydrogens (tertiary/aromatic N) is 2. The molecular formula is C16H26N2. The highest BCUT2D eigenvalue weighted by Crippen LogP contribution is 2.24. The Morgan fingerprint density at radius 2 is 1.72 bits per heavy atom. The smallest absolute Gasteiger partial charge is 0.0316 e. The van der Waals surface area contributed by atoms with Crippen molar-refractivity contribution >= 4 is 0 Å². The predicted molar refractivity (Wildman–Crippen MR) is 76.7 cm³/mol. The Morgan fingerprint density at radius 1 is 1.00 bits per heavy atom. The quantitative estimate of drug-likeness (QED) is 0.739. The summed E-state index contributed by atoms with van der Waals surface area (Å²) in [7, 11) is 0. The molecule has 0 amide bonds. The number of likely N-dealkylation sites (tertiary alicyclic amines) is 2. The maximum absolute atomic E-state index is 2.73. The summed E-state index contributed by atoms with van der Waals surface area (Å²) in [5.41, 5.74) is 1.43. The van der Waals surface area contributed by atoms with Crippen LogP contribution in [0.2, 0.25) is 0 Å². The molecule has 2 heterocycles. The minimum Gasteiger partial charge on any atom is -0.300 e. The van der Waals surface area contributed by atoms with Gasteiger partial charge in [0.1, 0.15) is 0 Å². The van der Waals surface area contributed by atoms with Crippen LogP contribution in [0.3, 0.4) is 0 Å². The van der Waals surface area contributed by atoms with E-state index < -0.39 is 0 Å². The molecule has 1 aliphatic carbocycles. The standard InChI is InChI=1S/C16H26N2/c1-14-4-6-15(7-5-14)18-12-8-16(9-13-18)17-10-2-3-11-17/h4-6,15-16H,2-3,7-13H2,1H3. The largest absolute Gasteiger partial charge is 0.300 e. The molecule has 0 N–H and O–H groups in total. The van der Waals surface area contributed by atoms with Crippen molar-refractivity contribution in [2.24, 2.45) is 0 Å². The first-order valence-corrected chi connectivity index (χ1v) is 7.66. The Balaban J connectivity index is 1.49. The van der Waals surface area contributed by atoms with E-state index in [9.17, 15) is 0 Å². The van der Waals surface area contributed by atoms with Gasteiger partial charge >= 0.3 is 0 Å². The predicted octanol–water partition coefficient (Wildman–Crippen LogP) is 2.82. The summed E-state index contributed by atoms with van der Waals surface area (Å²) in [6, 6.07) is 1.56. The van der Waals surface area contributed by atoms with Crippen LogP contribution in [0, 0.1) is 0 Å². The van der Waals surface area contributed by atoms with Gasteiger partial charge in [0.15, 0.2) is 0 Å². The third-order valence-electron chi connectivity index (χ3n) is 4.89. The van der Waals surface area contributed by atoms with E-state index in [-0.39, 0.29) is 0 Å². The molecule has 18 heavy (non-hydrogen) atoms. The van der Waals surface area contributed by atoms with Crippen molar-refractivity contribution < 1.29 is 0 Å². The highest BCUT2D eigenvalue weighted by atomic mass is 15.2. The molecule has 1 atom stereocenters. The van der Waals surface area contributed by atoms with Gasteiger partial charge in [0.25, 0.3) is 0 Å². The summed E-state index contributed by atoms with van der Waals surface area (Å²) in [6.07, 6.45) is 13.9. The van der Waals surface area contributed by atoms with Gasteiger partial charge in [0, 0.05) is 25.2 Å². The summed E-state index contributed by atoms with van der Waals surface area (Å²) >= 11 is 0. The van der Waals surface area contributed by atoms with Crippen LogP contribution in [-0.4, -0.2) is 48.1 Å². The molecule has 0 aromatic carbocycles. The van der Waals surface area contributed by atoms with E-state index in [1.165, 1.54) is 63.9 Å². The number of hydrogen-bond acceptors (Lipinski definition) is 2. The third-order valence-corrected chi connectivity index (χ3v) is 4.89. The molecule has 0 saturated carbocycles. The first-order valence-electron chi connectivity index (χ1n) is 7.66. The zero-order valence-electron chi connectivity index (χ0n) is 11.6. The molecule has 2 fully saturated rings. The van der Waals surface area contributed by atoms with Gasteiger partial charge in [0.05, 0.1) is 0 Å². The average Bonchev–Trinajstić information content (AvgIpc) is 2.94. The van der Waals surface area contributed by atoms with Crippen molar-refractivity contribution in [3.05, 3.63) is 23.8 Å². The molecule has 0 spiro atoms. The van der Waals surface area contributed by atoms with Crippen molar-refractivity contribution in [3.8, 4) is 0 Å². The molecule has 1 unspecified atom stereocenters. The van der Waals surface area contributed by atoms with Crippen LogP contribution in [0.4, 0.5) is 0 Å². The number of allylic oxidation sites excluding steroid dienone is 2. The van der Waals surface area contributed by atoms with Crippen molar-refractivity contribution in [3.63, 3.8) is 0 Å². The van der Waals surface area contributed by atoms with Crippen molar-refractivity contribution in [2.45, 2.75) is 51.1 Å². The molecule has 2 saturated heterocycles. The van der Waals surface area contributed by atoms with E-state index in [1.807, 2.05) is 0 Å². The second-order valence-corrected chi connectivity index (χ2v) is 6.12. The molecule has 2 heteroatoms. The second kappa shape index (κ2) is 5.58. The SMILES string of the molecule is CC1=CCC(N2CCC(N3CCCC3)CC2)C=C1. The molecule has 2 aliphatic heterocycles. The monoisotopic (exact) mass is 246 g/mol. The Bertz CT molecular complexity index is 331. The van der Waals surface area contributed by atoms with E-state index >= 15 is 0 Å². The fourth-order valence-corrected chi connectivity index (χ4v) is 3.68. The van der Waals surface area contributed by atoms with Gasteiger partial charge < -0.3 is 4.90 Å². The lowest BCUT2D eigenvalue weighted by Crippen LogP contribution is -2.47. The third kappa shape index (κ3) is 2.70. The highest BCUT2D eigenvalue weighted by molar-refractivity contribution is 5.23. The Morgan fingerprint density at radius 3 is 2.33 bits per heavy atom. The van der Waals surface area contributed by atoms with Gasteiger partial charge in [-0.2, -0.15) is 0 Å². The van der Waals surface area contributed by atoms with Crippen LogP contribution >= 0.6 is 0 Å². The summed E-state index contributed by atoms with van der Waals surface area (Å²) in [4.78, 5) is 5.42. The van der Waals surface area contributed by atoms with E-state index in [0.29, 0.717) is 6.04 Å². The van der Waals surface area contributed by atoms with Gasteiger partial charge in [0.2, 0.25) is 0 Å². The van der Waals surface area contributed by atoms with Crippen LogP contribution in [0.15, 0.2) is 23.8 Å². The zero-order chi connectivity index (χ0) is 12.4. The lowest BCUT2D eigenvalue weighted by atomic mass is 9.97. The van der Waals surface area contributed by atoms with Crippen LogP contribution < -0.4 is 0 Å². The molecule has 0 bridgehead atoms. The fraction of sp³-hybridized carbons (Fsp3) is 0.750. The molecule has 0 radical (unpaired) electrons.